The molecule has 6 N–H and O–H groups in total. The molecule has 4 saturated carbocycles. The predicted molar refractivity (Wildman–Crippen MR) is 184 cm³/mol. The molecule has 7 heteroatoms. The van der Waals surface area contributed by atoms with Crippen molar-refractivity contribution in [2.45, 2.75) is 103 Å². The first-order valence-corrected chi connectivity index (χ1v) is 18.4. The number of hydrogen-bond donors (Lipinski definition) is 3. The summed E-state index contributed by atoms with van der Waals surface area (Å²) in [6.45, 7) is 13.6. The van der Waals surface area contributed by atoms with Crippen molar-refractivity contribution in [2.75, 3.05) is 53.0 Å². The second kappa shape index (κ2) is 15.9. The zero-order valence-corrected chi connectivity index (χ0v) is 29.0. The predicted octanol–water partition coefficient (Wildman–Crippen LogP) is 5.45. The molecule has 45 heavy (non-hydrogen) atoms. The summed E-state index contributed by atoms with van der Waals surface area (Å²) in [6.07, 6.45) is 11.7. The van der Waals surface area contributed by atoms with Gasteiger partial charge in [0.05, 0.1) is 38.1 Å². The summed E-state index contributed by atoms with van der Waals surface area (Å²) in [5.41, 5.74) is 19.7. The molecule has 0 aliphatic heterocycles. The van der Waals surface area contributed by atoms with Crippen LogP contribution >= 0.6 is 0 Å². The second-order valence-corrected chi connectivity index (χ2v) is 15.8. The average Bonchev–Trinajstić information content (AvgIpc) is 3.40. The number of benzene rings is 1. The van der Waals surface area contributed by atoms with E-state index >= 15 is 0 Å². The van der Waals surface area contributed by atoms with Crippen LogP contribution in [0.5, 0.6) is 0 Å². The molecule has 4 aliphatic carbocycles. The van der Waals surface area contributed by atoms with Gasteiger partial charge in [0.2, 0.25) is 0 Å². The van der Waals surface area contributed by atoms with Crippen LogP contribution in [0.3, 0.4) is 0 Å². The van der Waals surface area contributed by atoms with E-state index < -0.39 is 0 Å². The lowest BCUT2D eigenvalue weighted by atomic mass is 9.43. The zero-order chi connectivity index (χ0) is 32.0. The van der Waals surface area contributed by atoms with Crippen molar-refractivity contribution in [1.29, 1.82) is 0 Å². The molecule has 0 heterocycles. The molecule has 4 fully saturated rings. The van der Waals surface area contributed by atoms with Gasteiger partial charge in [-0.05, 0) is 118 Å². The largest absolute Gasteiger partial charge is 0.377 e. The molecule has 1 aromatic rings. The Hall–Kier alpha value is -1.06. The Labute approximate surface area is 274 Å². The summed E-state index contributed by atoms with van der Waals surface area (Å²) in [4.78, 5) is 2.48. The van der Waals surface area contributed by atoms with Crippen LogP contribution in [0.25, 0.3) is 0 Å². The van der Waals surface area contributed by atoms with Crippen LogP contribution in [0.4, 0.5) is 0 Å². The Morgan fingerprint density at radius 1 is 0.867 bits per heavy atom. The van der Waals surface area contributed by atoms with E-state index in [-0.39, 0.29) is 23.0 Å². The highest BCUT2D eigenvalue weighted by Crippen LogP contribution is 2.69. The lowest BCUT2D eigenvalue weighted by Gasteiger charge is -2.64. The fourth-order valence-electron chi connectivity index (χ4n) is 11.2. The first-order valence-electron chi connectivity index (χ1n) is 18.4. The average molecular weight is 627 g/mol. The van der Waals surface area contributed by atoms with Crippen LogP contribution in [0.2, 0.25) is 0 Å². The molecule has 1 unspecified atom stereocenters. The summed E-state index contributed by atoms with van der Waals surface area (Å²) in [7, 11) is 2.26. The van der Waals surface area contributed by atoms with Crippen molar-refractivity contribution in [3.8, 4) is 0 Å². The Morgan fingerprint density at radius 2 is 1.58 bits per heavy atom. The minimum Gasteiger partial charge on any atom is -0.377 e. The molecule has 11 atom stereocenters. The van der Waals surface area contributed by atoms with Crippen LogP contribution in [0.1, 0.15) is 84.1 Å². The van der Waals surface area contributed by atoms with Crippen molar-refractivity contribution < 1.29 is 14.2 Å². The number of hydrogen-bond acceptors (Lipinski definition) is 7. The molecule has 0 spiro atoms. The highest BCUT2D eigenvalue weighted by molar-refractivity contribution is 5.16. The molecule has 256 valence electrons. The summed E-state index contributed by atoms with van der Waals surface area (Å²) in [6, 6.07) is 10.8. The van der Waals surface area contributed by atoms with Gasteiger partial charge in [-0.3, -0.25) is 0 Å². The molecule has 0 amide bonds. The molecule has 1 aromatic carbocycles. The molecular formula is C38H66N4O3. The van der Waals surface area contributed by atoms with Crippen molar-refractivity contribution in [3.63, 3.8) is 0 Å². The van der Waals surface area contributed by atoms with Gasteiger partial charge in [0.25, 0.3) is 0 Å². The van der Waals surface area contributed by atoms with Gasteiger partial charge >= 0.3 is 0 Å². The lowest BCUT2D eigenvalue weighted by molar-refractivity contribution is -0.226. The smallest absolute Gasteiger partial charge is 0.0637 e. The number of nitrogens with zero attached hydrogens (tertiary/aromatic N) is 1. The topological polar surface area (TPSA) is 109 Å². The molecule has 4 aliphatic rings. The summed E-state index contributed by atoms with van der Waals surface area (Å²) in [5, 5.41) is 0. The minimum atomic E-state index is 0.140. The highest BCUT2D eigenvalue weighted by Gasteiger charge is 2.66. The molecule has 0 bridgehead atoms. The maximum absolute atomic E-state index is 6.87. The van der Waals surface area contributed by atoms with Gasteiger partial charge < -0.3 is 36.3 Å². The number of ether oxygens (including phenoxy) is 3. The van der Waals surface area contributed by atoms with E-state index in [2.05, 4.69) is 63.1 Å². The van der Waals surface area contributed by atoms with Crippen LogP contribution < -0.4 is 17.2 Å². The maximum Gasteiger partial charge on any atom is 0.0637 e. The number of nitrogens with two attached hydrogens (primary N) is 3. The molecule has 5 rings (SSSR count). The standard InChI is InChI=1S/C38H66N4O3/c1-27(9-8-19-42(4)26-28-10-6-5-7-11-28)31-12-13-32-36-33(25-35(38(31,32)3)45-22-18-41)37(2)15-14-30(43-20-16-39)23-29(37)24-34(36)44-21-17-40/h5-7,10-11,27,29-36H,8-9,12-26,39-41H2,1-4H3/t27-,29?,30-,31-,32+,33+,34-,35+,36+,37+,38-/m1/s1. The monoisotopic (exact) mass is 627 g/mol. The van der Waals surface area contributed by atoms with Crippen LogP contribution in [-0.4, -0.2) is 76.3 Å². The van der Waals surface area contributed by atoms with E-state index in [0.717, 1.165) is 38.8 Å². The van der Waals surface area contributed by atoms with Gasteiger partial charge in [-0.25, -0.2) is 0 Å². The summed E-state index contributed by atoms with van der Waals surface area (Å²) >= 11 is 0. The van der Waals surface area contributed by atoms with E-state index in [9.17, 15) is 0 Å². The van der Waals surface area contributed by atoms with Gasteiger partial charge in [0.15, 0.2) is 0 Å². The number of fused-ring (bicyclic) bond motifs is 5. The first kappa shape index (κ1) is 35.3. The third kappa shape index (κ3) is 7.50. The van der Waals surface area contributed by atoms with E-state index in [1.807, 2.05) is 0 Å². The van der Waals surface area contributed by atoms with Crippen LogP contribution in [-0.2, 0) is 20.8 Å². The van der Waals surface area contributed by atoms with Gasteiger partial charge in [0.1, 0.15) is 0 Å². The first-order chi connectivity index (χ1) is 21.8. The van der Waals surface area contributed by atoms with Crippen molar-refractivity contribution in [1.82, 2.24) is 4.90 Å². The Bertz CT molecular complexity index is 1030. The normalized spacial score (nSPS) is 38.5. The second-order valence-electron chi connectivity index (χ2n) is 15.8. The quantitative estimate of drug-likeness (QED) is 0.224. The van der Waals surface area contributed by atoms with E-state index in [1.54, 1.807) is 0 Å². The van der Waals surface area contributed by atoms with Crippen molar-refractivity contribution in [3.05, 3.63) is 35.9 Å². The molecule has 7 nitrogen and oxygen atoms in total. The SMILES string of the molecule is C[C@H](CCCN(C)Cc1ccccc1)[C@H]1CC[C@H]2[C@@H]3[C@H](OCCN)CC4C[C@H](OCCN)CC[C@]4(C)[C@H]3C[C@H](OCCN)[C@]12C. The van der Waals surface area contributed by atoms with Gasteiger partial charge in [0, 0.05) is 31.6 Å². The van der Waals surface area contributed by atoms with E-state index in [1.165, 1.54) is 37.7 Å². The fourth-order valence-corrected chi connectivity index (χ4v) is 11.2. The van der Waals surface area contributed by atoms with Gasteiger partial charge in [-0.1, -0.05) is 51.1 Å². The number of rotatable bonds is 16. The molecule has 0 radical (unpaired) electrons. The van der Waals surface area contributed by atoms with E-state index in [4.69, 9.17) is 31.4 Å². The van der Waals surface area contributed by atoms with Crippen molar-refractivity contribution in [2.24, 2.45) is 63.5 Å². The minimum absolute atomic E-state index is 0.140. The van der Waals surface area contributed by atoms with Gasteiger partial charge in [-0.2, -0.15) is 0 Å². The zero-order valence-electron chi connectivity index (χ0n) is 29.0. The molecule has 0 aromatic heterocycles. The highest BCUT2D eigenvalue weighted by atomic mass is 16.5. The maximum atomic E-state index is 6.87. The van der Waals surface area contributed by atoms with Gasteiger partial charge in [-0.15, -0.1) is 0 Å². The Kier molecular flexibility index (Phi) is 12.4. The third-order valence-electron chi connectivity index (χ3n) is 13.3. The Balaban J connectivity index is 1.33. The lowest BCUT2D eigenvalue weighted by Crippen LogP contribution is -2.63. The summed E-state index contributed by atoms with van der Waals surface area (Å²) < 4.78 is 19.9. The van der Waals surface area contributed by atoms with Crippen molar-refractivity contribution >= 4 is 0 Å². The van der Waals surface area contributed by atoms with Crippen LogP contribution in [0.15, 0.2) is 30.3 Å². The summed E-state index contributed by atoms with van der Waals surface area (Å²) in [5.74, 6) is 3.69. The molecular weight excluding hydrogens is 560 g/mol. The van der Waals surface area contributed by atoms with Crippen LogP contribution in [0, 0.1) is 46.3 Å². The third-order valence-corrected chi connectivity index (χ3v) is 13.3. The Morgan fingerprint density at radius 3 is 2.31 bits per heavy atom. The van der Waals surface area contributed by atoms with E-state index in [0.29, 0.717) is 81.1 Å². The molecule has 0 saturated heterocycles. The fraction of sp³-hybridized carbons (Fsp3) is 0.842.